The third-order valence-electron chi connectivity index (χ3n) is 4.33. The monoisotopic (exact) mass is 329 g/mol. The number of fused-ring (bicyclic) bond motifs is 1. The smallest absolute Gasteiger partial charge is 0.251 e. The van der Waals surface area contributed by atoms with Crippen LogP contribution in [0.25, 0.3) is 0 Å². The van der Waals surface area contributed by atoms with Gasteiger partial charge in [-0.15, -0.1) is 0 Å². The summed E-state index contributed by atoms with van der Waals surface area (Å²) in [5.41, 5.74) is 1.53. The standard InChI is InChI=1S/C17H19N3O4/c1-20-9-12(8-18-20)16-13(3-2-6-22-16)19-17(21)11-4-5-14-15(7-11)24-10-23-14/h4-5,7-9,13,16H,2-3,6,10H2,1H3,(H,19,21)/t13-,16+/m0/s1. The topological polar surface area (TPSA) is 74.6 Å². The van der Waals surface area contributed by atoms with E-state index in [1.807, 2.05) is 13.2 Å². The molecule has 1 aromatic heterocycles. The van der Waals surface area contributed by atoms with Gasteiger partial charge in [-0.05, 0) is 31.0 Å². The molecular weight excluding hydrogens is 310 g/mol. The molecule has 3 heterocycles. The molecule has 0 bridgehead atoms. The molecule has 126 valence electrons. The molecule has 1 saturated heterocycles. The number of rotatable bonds is 3. The largest absolute Gasteiger partial charge is 0.454 e. The Bertz CT molecular complexity index is 758. The van der Waals surface area contributed by atoms with Crippen LogP contribution in [0.5, 0.6) is 11.5 Å². The van der Waals surface area contributed by atoms with Gasteiger partial charge in [0, 0.05) is 31.0 Å². The highest BCUT2D eigenvalue weighted by Crippen LogP contribution is 2.33. The molecule has 7 heteroatoms. The molecular formula is C17H19N3O4. The molecule has 1 amide bonds. The van der Waals surface area contributed by atoms with E-state index < -0.39 is 0 Å². The van der Waals surface area contributed by atoms with Crippen LogP contribution in [0.4, 0.5) is 0 Å². The Hall–Kier alpha value is -2.54. The number of hydrogen-bond donors (Lipinski definition) is 1. The summed E-state index contributed by atoms with van der Waals surface area (Å²) in [6, 6.07) is 5.13. The molecule has 4 rings (SSSR count). The minimum Gasteiger partial charge on any atom is -0.454 e. The highest BCUT2D eigenvalue weighted by Gasteiger charge is 2.30. The van der Waals surface area contributed by atoms with Crippen LogP contribution < -0.4 is 14.8 Å². The second-order valence-electron chi connectivity index (χ2n) is 6.03. The number of benzene rings is 1. The van der Waals surface area contributed by atoms with E-state index in [4.69, 9.17) is 14.2 Å². The third kappa shape index (κ3) is 2.82. The van der Waals surface area contributed by atoms with Crippen LogP contribution in [-0.4, -0.2) is 35.1 Å². The number of aryl methyl sites for hydroxylation is 1. The van der Waals surface area contributed by atoms with E-state index in [0.29, 0.717) is 23.7 Å². The molecule has 2 aliphatic rings. The average molecular weight is 329 g/mol. The van der Waals surface area contributed by atoms with E-state index in [0.717, 1.165) is 18.4 Å². The number of nitrogens with zero attached hydrogens (tertiary/aromatic N) is 2. The van der Waals surface area contributed by atoms with Crippen LogP contribution in [-0.2, 0) is 11.8 Å². The SMILES string of the molecule is Cn1cc([C@H]2OCCC[C@@H]2NC(=O)c2ccc3c(c2)OCO3)cn1. The summed E-state index contributed by atoms with van der Waals surface area (Å²) >= 11 is 0. The first-order valence-corrected chi connectivity index (χ1v) is 8.01. The lowest BCUT2D eigenvalue weighted by molar-refractivity contribution is -0.00949. The molecule has 7 nitrogen and oxygen atoms in total. The van der Waals surface area contributed by atoms with Crippen molar-refractivity contribution < 1.29 is 19.0 Å². The maximum absolute atomic E-state index is 12.6. The molecule has 2 atom stereocenters. The molecule has 0 unspecified atom stereocenters. The first-order valence-electron chi connectivity index (χ1n) is 8.01. The van der Waals surface area contributed by atoms with Gasteiger partial charge in [-0.1, -0.05) is 0 Å². The quantitative estimate of drug-likeness (QED) is 0.929. The van der Waals surface area contributed by atoms with Crippen molar-refractivity contribution in [1.82, 2.24) is 15.1 Å². The van der Waals surface area contributed by atoms with Crippen molar-refractivity contribution in [2.24, 2.45) is 7.05 Å². The Morgan fingerprint density at radius 1 is 1.33 bits per heavy atom. The fraction of sp³-hybridized carbons (Fsp3) is 0.412. The Kier molecular flexibility index (Phi) is 3.86. The zero-order valence-electron chi connectivity index (χ0n) is 13.4. The lowest BCUT2D eigenvalue weighted by atomic mass is 9.97. The lowest BCUT2D eigenvalue weighted by Crippen LogP contribution is -2.42. The van der Waals surface area contributed by atoms with Crippen molar-refractivity contribution in [2.45, 2.75) is 25.0 Å². The van der Waals surface area contributed by atoms with Crippen LogP contribution in [0, 0.1) is 0 Å². The number of hydrogen-bond acceptors (Lipinski definition) is 5. The first-order chi connectivity index (χ1) is 11.7. The summed E-state index contributed by atoms with van der Waals surface area (Å²) in [5.74, 6) is 1.13. The van der Waals surface area contributed by atoms with E-state index in [9.17, 15) is 4.79 Å². The number of ether oxygens (including phenoxy) is 3. The van der Waals surface area contributed by atoms with Crippen molar-refractivity contribution in [1.29, 1.82) is 0 Å². The summed E-state index contributed by atoms with van der Waals surface area (Å²) in [4.78, 5) is 12.6. The van der Waals surface area contributed by atoms with Crippen LogP contribution in [0.15, 0.2) is 30.6 Å². The minimum atomic E-state index is -0.176. The average Bonchev–Trinajstić information content (AvgIpc) is 3.23. The Balaban J connectivity index is 1.51. The van der Waals surface area contributed by atoms with E-state index in [-0.39, 0.29) is 24.8 Å². The molecule has 2 aliphatic heterocycles. The Morgan fingerprint density at radius 3 is 3.04 bits per heavy atom. The van der Waals surface area contributed by atoms with Crippen molar-refractivity contribution >= 4 is 5.91 Å². The lowest BCUT2D eigenvalue weighted by Gasteiger charge is -2.31. The zero-order chi connectivity index (χ0) is 16.5. The van der Waals surface area contributed by atoms with Gasteiger partial charge in [0.1, 0.15) is 6.10 Å². The molecule has 2 aromatic rings. The predicted molar refractivity (Wildman–Crippen MR) is 85.0 cm³/mol. The van der Waals surface area contributed by atoms with E-state index >= 15 is 0 Å². The van der Waals surface area contributed by atoms with E-state index in [1.165, 1.54) is 0 Å². The van der Waals surface area contributed by atoms with E-state index in [1.54, 1.807) is 29.1 Å². The van der Waals surface area contributed by atoms with Gasteiger partial charge >= 0.3 is 0 Å². The van der Waals surface area contributed by atoms with Gasteiger partial charge in [0.05, 0.1) is 12.2 Å². The van der Waals surface area contributed by atoms with Gasteiger partial charge in [0.25, 0.3) is 5.91 Å². The predicted octanol–water partition coefficient (Wildman–Crippen LogP) is 1.80. The maximum Gasteiger partial charge on any atom is 0.251 e. The fourth-order valence-electron chi connectivity index (χ4n) is 3.13. The Labute approximate surface area is 139 Å². The molecule has 0 saturated carbocycles. The first kappa shape index (κ1) is 15.0. The van der Waals surface area contributed by atoms with Gasteiger partial charge in [-0.3, -0.25) is 9.48 Å². The maximum atomic E-state index is 12.6. The minimum absolute atomic E-state index is 0.0825. The number of nitrogens with one attached hydrogen (secondary N) is 1. The molecule has 1 aromatic carbocycles. The van der Waals surface area contributed by atoms with Crippen molar-refractivity contribution in [3.05, 3.63) is 41.7 Å². The van der Waals surface area contributed by atoms with Crippen molar-refractivity contribution in [3.8, 4) is 11.5 Å². The molecule has 1 N–H and O–H groups in total. The Morgan fingerprint density at radius 2 is 2.21 bits per heavy atom. The second-order valence-corrected chi connectivity index (χ2v) is 6.03. The molecule has 1 fully saturated rings. The van der Waals surface area contributed by atoms with Gasteiger partial charge in [-0.25, -0.2) is 0 Å². The van der Waals surface area contributed by atoms with Gasteiger partial charge in [0.2, 0.25) is 6.79 Å². The number of carbonyl (C=O) groups is 1. The van der Waals surface area contributed by atoms with Crippen LogP contribution in [0.1, 0.15) is 34.9 Å². The summed E-state index contributed by atoms with van der Waals surface area (Å²) in [5, 5.41) is 7.28. The summed E-state index contributed by atoms with van der Waals surface area (Å²) < 4.78 is 18.2. The summed E-state index contributed by atoms with van der Waals surface area (Å²) in [6.45, 7) is 0.885. The third-order valence-corrected chi connectivity index (χ3v) is 4.33. The number of amides is 1. The van der Waals surface area contributed by atoms with Crippen LogP contribution in [0.2, 0.25) is 0 Å². The fourth-order valence-corrected chi connectivity index (χ4v) is 3.13. The van der Waals surface area contributed by atoms with Gasteiger partial charge < -0.3 is 19.5 Å². The molecule has 0 aliphatic carbocycles. The van der Waals surface area contributed by atoms with Gasteiger partial charge in [0.15, 0.2) is 11.5 Å². The number of carbonyl (C=O) groups excluding carboxylic acids is 1. The normalized spacial score (nSPS) is 22.4. The number of aromatic nitrogens is 2. The van der Waals surface area contributed by atoms with Crippen molar-refractivity contribution in [3.63, 3.8) is 0 Å². The summed E-state index contributed by atoms with van der Waals surface area (Å²) in [6.07, 6.45) is 5.33. The highest BCUT2D eigenvalue weighted by molar-refractivity contribution is 5.95. The van der Waals surface area contributed by atoms with Crippen LogP contribution in [0.3, 0.4) is 0 Å². The van der Waals surface area contributed by atoms with Gasteiger partial charge in [-0.2, -0.15) is 5.10 Å². The summed E-state index contributed by atoms with van der Waals surface area (Å²) in [7, 11) is 1.87. The second kappa shape index (κ2) is 6.16. The van der Waals surface area contributed by atoms with Crippen molar-refractivity contribution in [2.75, 3.05) is 13.4 Å². The zero-order valence-corrected chi connectivity index (χ0v) is 13.4. The molecule has 0 spiro atoms. The highest BCUT2D eigenvalue weighted by atomic mass is 16.7. The van der Waals surface area contributed by atoms with E-state index in [2.05, 4.69) is 10.4 Å². The molecule has 0 radical (unpaired) electrons. The van der Waals surface area contributed by atoms with Crippen LogP contribution >= 0.6 is 0 Å². The molecule has 24 heavy (non-hydrogen) atoms.